The van der Waals surface area contributed by atoms with Crippen molar-refractivity contribution in [3.05, 3.63) is 12.0 Å². The van der Waals surface area contributed by atoms with Crippen molar-refractivity contribution in [2.45, 2.75) is 29.6 Å². The maximum absolute atomic E-state index is 11.9. The third-order valence-corrected chi connectivity index (χ3v) is 5.33. The average Bonchev–Trinajstić information content (AvgIpc) is 3.04. The lowest BCUT2D eigenvalue weighted by molar-refractivity contribution is 0.574. The second-order valence-corrected chi connectivity index (χ2v) is 7.33. The van der Waals surface area contributed by atoms with Gasteiger partial charge in [0.15, 0.2) is 5.03 Å². The molecule has 96 valence electrons. The van der Waals surface area contributed by atoms with Gasteiger partial charge in [0.1, 0.15) is 5.82 Å². The lowest BCUT2D eigenvalue weighted by atomic mass is 10.3. The molecule has 1 aliphatic carbocycles. The minimum absolute atomic E-state index is 0.0907. The van der Waals surface area contributed by atoms with Gasteiger partial charge in [-0.3, -0.25) is 0 Å². The molecule has 7 heteroatoms. The van der Waals surface area contributed by atoms with Crippen molar-refractivity contribution in [3.8, 4) is 0 Å². The van der Waals surface area contributed by atoms with Gasteiger partial charge in [0, 0.05) is 24.6 Å². The lowest BCUT2D eigenvalue weighted by Crippen LogP contribution is -2.30. The zero-order valence-electron chi connectivity index (χ0n) is 9.85. The molecule has 5 nitrogen and oxygen atoms in total. The zero-order chi connectivity index (χ0) is 12.6. The first-order valence-electron chi connectivity index (χ1n) is 5.54. The van der Waals surface area contributed by atoms with Gasteiger partial charge >= 0.3 is 0 Å². The molecular weight excluding hydrogens is 306 g/mol. The van der Waals surface area contributed by atoms with Gasteiger partial charge in [0.05, 0.1) is 0 Å². The first kappa shape index (κ1) is 13.0. The van der Waals surface area contributed by atoms with Gasteiger partial charge in [-0.05, 0) is 25.7 Å². The van der Waals surface area contributed by atoms with Crippen molar-refractivity contribution in [2.75, 3.05) is 6.54 Å². The quantitative estimate of drug-likeness (QED) is 0.828. The summed E-state index contributed by atoms with van der Waals surface area (Å²) in [5.41, 5.74) is 0. The van der Waals surface area contributed by atoms with Crippen LogP contribution in [0.2, 0.25) is 0 Å². The van der Waals surface area contributed by atoms with E-state index >= 15 is 0 Å². The van der Waals surface area contributed by atoms with Crippen LogP contribution in [0, 0.1) is 12.8 Å². The maximum Gasteiger partial charge on any atom is 0.259 e. The molecule has 1 aromatic heterocycles. The highest BCUT2D eigenvalue weighted by atomic mass is 79.9. The standard InChI is InChI=1S/C10H16BrN3O2S/c1-7-13-10(6-14(7)2)17(15,16)12-5-9(11)8-3-4-8/h6,8-9,12H,3-5H2,1-2H3. The van der Waals surface area contributed by atoms with E-state index in [9.17, 15) is 8.42 Å². The monoisotopic (exact) mass is 321 g/mol. The smallest absolute Gasteiger partial charge is 0.259 e. The summed E-state index contributed by atoms with van der Waals surface area (Å²) in [6.07, 6.45) is 3.89. The van der Waals surface area contributed by atoms with Crippen LogP contribution in [-0.2, 0) is 17.1 Å². The van der Waals surface area contributed by atoms with E-state index in [1.165, 1.54) is 19.0 Å². The minimum Gasteiger partial charge on any atom is -0.337 e. The van der Waals surface area contributed by atoms with Crippen molar-refractivity contribution < 1.29 is 8.42 Å². The van der Waals surface area contributed by atoms with Gasteiger partial charge in [-0.25, -0.2) is 18.1 Å². The molecular formula is C10H16BrN3O2S. The summed E-state index contributed by atoms with van der Waals surface area (Å²) >= 11 is 3.50. The first-order valence-corrected chi connectivity index (χ1v) is 7.94. The van der Waals surface area contributed by atoms with Crippen molar-refractivity contribution in [2.24, 2.45) is 13.0 Å². The van der Waals surface area contributed by atoms with Gasteiger partial charge in [-0.1, -0.05) is 15.9 Å². The average molecular weight is 322 g/mol. The van der Waals surface area contributed by atoms with Crippen LogP contribution in [0.25, 0.3) is 0 Å². The van der Waals surface area contributed by atoms with Crippen molar-refractivity contribution in [1.29, 1.82) is 0 Å². The van der Waals surface area contributed by atoms with Gasteiger partial charge in [0.25, 0.3) is 10.0 Å². The number of nitrogens with zero attached hydrogens (tertiary/aromatic N) is 2. The molecule has 1 atom stereocenters. The van der Waals surface area contributed by atoms with E-state index in [0.29, 0.717) is 18.3 Å². The van der Waals surface area contributed by atoms with E-state index < -0.39 is 10.0 Å². The van der Waals surface area contributed by atoms with E-state index in [2.05, 4.69) is 25.6 Å². The Morgan fingerprint density at radius 1 is 1.65 bits per heavy atom. The molecule has 17 heavy (non-hydrogen) atoms. The molecule has 1 saturated carbocycles. The molecule has 1 N–H and O–H groups in total. The highest BCUT2D eigenvalue weighted by Gasteiger charge is 2.30. The molecule has 1 aliphatic rings. The highest BCUT2D eigenvalue weighted by molar-refractivity contribution is 9.09. The Morgan fingerprint density at radius 2 is 2.29 bits per heavy atom. The lowest BCUT2D eigenvalue weighted by Gasteiger charge is -2.08. The molecule has 1 aromatic rings. The van der Waals surface area contributed by atoms with Crippen LogP contribution in [0.15, 0.2) is 11.2 Å². The Bertz CT molecular complexity index is 488. The molecule has 0 amide bonds. The summed E-state index contributed by atoms with van der Waals surface area (Å²) in [5.74, 6) is 1.30. The summed E-state index contributed by atoms with van der Waals surface area (Å²) < 4.78 is 28.2. The second-order valence-electron chi connectivity index (χ2n) is 4.44. The van der Waals surface area contributed by atoms with E-state index in [-0.39, 0.29) is 9.85 Å². The Kier molecular flexibility index (Phi) is 3.61. The SMILES string of the molecule is Cc1nc(S(=O)(=O)NCC(Br)C2CC2)cn1C. The molecule has 2 rings (SSSR count). The Morgan fingerprint density at radius 3 is 2.76 bits per heavy atom. The molecule has 1 heterocycles. The van der Waals surface area contributed by atoms with E-state index in [1.54, 1.807) is 18.5 Å². The van der Waals surface area contributed by atoms with Crippen LogP contribution in [-0.4, -0.2) is 29.3 Å². The number of aromatic nitrogens is 2. The number of hydrogen-bond donors (Lipinski definition) is 1. The fourth-order valence-corrected chi connectivity index (χ4v) is 3.54. The van der Waals surface area contributed by atoms with E-state index in [1.807, 2.05) is 0 Å². The Balaban J connectivity index is 2.02. The Labute approximate surface area is 110 Å². The third kappa shape index (κ3) is 3.08. The molecule has 0 bridgehead atoms. The van der Waals surface area contributed by atoms with Crippen LogP contribution < -0.4 is 4.72 Å². The van der Waals surface area contributed by atoms with Gasteiger partial charge in [-0.2, -0.15) is 0 Å². The molecule has 0 aliphatic heterocycles. The Hall–Kier alpha value is -0.400. The number of aryl methyl sites for hydroxylation is 2. The number of hydrogen-bond acceptors (Lipinski definition) is 3. The summed E-state index contributed by atoms with van der Waals surface area (Å²) in [5, 5.41) is 0.0907. The number of sulfonamides is 1. The molecule has 0 spiro atoms. The predicted octanol–water partition coefficient (Wildman–Crippen LogP) is 1.18. The largest absolute Gasteiger partial charge is 0.337 e. The van der Waals surface area contributed by atoms with E-state index in [0.717, 1.165) is 0 Å². The van der Waals surface area contributed by atoms with Gasteiger partial charge in [0.2, 0.25) is 0 Å². The predicted molar refractivity (Wildman–Crippen MR) is 68.6 cm³/mol. The third-order valence-electron chi connectivity index (χ3n) is 2.96. The summed E-state index contributed by atoms with van der Waals surface area (Å²) in [6, 6.07) is 0. The maximum atomic E-state index is 11.9. The van der Waals surface area contributed by atoms with E-state index in [4.69, 9.17) is 0 Å². The van der Waals surface area contributed by atoms with Crippen molar-refractivity contribution in [3.63, 3.8) is 0 Å². The summed E-state index contributed by atoms with van der Waals surface area (Å²) in [7, 11) is -1.70. The summed E-state index contributed by atoms with van der Waals surface area (Å²) in [4.78, 5) is 4.24. The zero-order valence-corrected chi connectivity index (χ0v) is 12.3. The van der Waals surface area contributed by atoms with Gasteiger partial charge in [-0.15, -0.1) is 0 Å². The molecule has 0 aromatic carbocycles. The number of rotatable bonds is 5. The normalized spacial score (nSPS) is 18.3. The number of alkyl halides is 1. The topological polar surface area (TPSA) is 64.0 Å². The van der Waals surface area contributed by atoms with Crippen LogP contribution in [0.3, 0.4) is 0 Å². The van der Waals surface area contributed by atoms with Crippen LogP contribution in [0.1, 0.15) is 18.7 Å². The van der Waals surface area contributed by atoms with Crippen molar-refractivity contribution >= 4 is 26.0 Å². The highest BCUT2D eigenvalue weighted by Crippen LogP contribution is 2.36. The minimum atomic E-state index is -3.47. The molecule has 1 unspecified atom stereocenters. The second kappa shape index (κ2) is 4.70. The first-order chi connectivity index (χ1) is 7.90. The molecule has 1 fully saturated rings. The fourth-order valence-electron chi connectivity index (χ4n) is 1.54. The number of halogens is 1. The number of nitrogens with one attached hydrogen (secondary N) is 1. The number of imidazole rings is 1. The van der Waals surface area contributed by atoms with Crippen LogP contribution >= 0.6 is 15.9 Å². The van der Waals surface area contributed by atoms with Gasteiger partial charge < -0.3 is 4.57 Å². The summed E-state index contributed by atoms with van der Waals surface area (Å²) in [6.45, 7) is 2.19. The van der Waals surface area contributed by atoms with Crippen molar-refractivity contribution in [1.82, 2.24) is 14.3 Å². The van der Waals surface area contributed by atoms with Crippen LogP contribution in [0.5, 0.6) is 0 Å². The van der Waals surface area contributed by atoms with Crippen LogP contribution in [0.4, 0.5) is 0 Å². The molecule has 0 saturated heterocycles. The fraction of sp³-hybridized carbons (Fsp3) is 0.700. The molecule has 0 radical (unpaired) electrons.